The average Bonchev–Trinajstić information content (AvgIpc) is 2.73. The second kappa shape index (κ2) is 5.38. The van der Waals surface area contributed by atoms with E-state index in [1.165, 1.54) is 11.3 Å². The summed E-state index contributed by atoms with van der Waals surface area (Å²) in [6, 6.07) is 7.13. The Labute approximate surface area is 121 Å². The molecule has 0 aliphatic carbocycles. The van der Waals surface area contributed by atoms with Crippen molar-refractivity contribution in [1.29, 1.82) is 5.26 Å². The van der Waals surface area contributed by atoms with Crippen molar-refractivity contribution >= 4 is 44.1 Å². The minimum Gasteiger partial charge on any atom is -0.476 e. The molecule has 0 amide bonds. The van der Waals surface area contributed by atoms with E-state index in [1.54, 1.807) is 25.1 Å². The molecule has 96 valence electrons. The summed E-state index contributed by atoms with van der Waals surface area (Å²) in [4.78, 5) is 15.6. The van der Waals surface area contributed by atoms with Crippen molar-refractivity contribution in [2.24, 2.45) is 0 Å². The van der Waals surface area contributed by atoms with Crippen molar-refractivity contribution in [3.05, 3.63) is 38.8 Å². The molecule has 1 heterocycles. The zero-order valence-electron chi connectivity index (χ0n) is 9.77. The lowest BCUT2D eigenvalue weighted by Crippen LogP contribution is -1.99. The largest absolute Gasteiger partial charge is 0.476 e. The Morgan fingerprint density at radius 2 is 2.32 bits per heavy atom. The summed E-state index contributed by atoms with van der Waals surface area (Å²) in [5.41, 5.74) is 1.32. The van der Waals surface area contributed by atoms with E-state index in [2.05, 4.69) is 26.2 Å². The van der Waals surface area contributed by atoms with Crippen LogP contribution in [0, 0.1) is 18.3 Å². The number of nitrogens with one attached hydrogen (secondary N) is 1. The van der Waals surface area contributed by atoms with Gasteiger partial charge < -0.3 is 10.4 Å². The fraction of sp³-hybridized carbons (Fsp3) is 0.0833. The Hall–Kier alpha value is -1.91. The number of halogens is 1. The SMILES string of the molecule is Cc1sc(Nc2ccc(C#N)cc2Br)nc1C(=O)O. The highest BCUT2D eigenvalue weighted by atomic mass is 79.9. The Bertz CT molecular complexity index is 691. The molecule has 19 heavy (non-hydrogen) atoms. The van der Waals surface area contributed by atoms with Crippen LogP contribution in [0.1, 0.15) is 20.9 Å². The van der Waals surface area contributed by atoms with Gasteiger partial charge in [-0.25, -0.2) is 9.78 Å². The smallest absolute Gasteiger partial charge is 0.355 e. The molecule has 0 aliphatic heterocycles. The predicted molar refractivity (Wildman–Crippen MR) is 76.0 cm³/mol. The fourth-order valence-electron chi connectivity index (χ4n) is 1.45. The van der Waals surface area contributed by atoms with Crippen LogP contribution in [-0.4, -0.2) is 16.1 Å². The Kier molecular flexibility index (Phi) is 3.83. The number of anilines is 2. The van der Waals surface area contributed by atoms with E-state index in [9.17, 15) is 4.79 Å². The summed E-state index contributed by atoms with van der Waals surface area (Å²) >= 11 is 4.61. The van der Waals surface area contributed by atoms with E-state index >= 15 is 0 Å². The number of thiazole rings is 1. The lowest BCUT2D eigenvalue weighted by Gasteiger charge is -2.05. The monoisotopic (exact) mass is 337 g/mol. The van der Waals surface area contributed by atoms with Crippen LogP contribution in [0.3, 0.4) is 0 Å². The molecule has 0 bridgehead atoms. The average molecular weight is 338 g/mol. The zero-order valence-corrected chi connectivity index (χ0v) is 12.2. The first-order valence-corrected chi connectivity index (χ1v) is 6.79. The first kappa shape index (κ1) is 13.5. The van der Waals surface area contributed by atoms with Crippen molar-refractivity contribution in [1.82, 2.24) is 4.98 Å². The van der Waals surface area contributed by atoms with E-state index < -0.39 is 5.97 Å². The molecule has 0 saturated heterocycles. The summed E-state index contributed by atoms with van der Waals surface area (Å²) in [6.45, 7) is 1.71. The molecule has 0 aliphatic rings. The predicted octanol–water partition coefficient (Wildman–Crippen LogP) is 3.53. The topological polar surface area (TPSA) is 86.0 Å². The van der Waals surface area contributed by atoms with Crippen LogP contribution in [0.15, 0.2) is 22.7 Å². The number of rotatable bonds is 3. The van der Waals surface area contributed by atoms with Crippen LogP contribution in [0.25, 0.3) is 0 Å². The lowest BCUT2D eigenvalue weighted by atomic mass is 10.2. The zero-order chi connectivity index (χ0) is 14.0. The summed E-state index contributed by atoms with van der Waals surface area (Å²) in [6.07, 6.45) is 0. The third-order valence-corrected chi connectivity index (χ3v) is 3.88. The highest BCUT2D eigenvalue weighted by Crippen LogP contribution is 2.30. The van der Waals surface area contributed by atoms with Crippen LogP contribution in [0.4, 0.5) is 10.8 Å². The maximum atomic E-state index is 10.9. The first-order chi connectivity index (χ1) is 9.01. The Morgan fingerprint density at radius 3 is 2.84 bits per heavy atom. The summed E-state index contributed by atoms with van der Waals surface area (Å²) < 4.78 is 0.719. The van der Waals surface area contributed by atoms with Gasteiger partial charge in [-0.15, -0.1) is 11.3 Å². The summed E-state index contributed by atoms with van der Waals surface area (Å²) in [5, 5.41) is 21.2. The fourth-order valence-corrected chi connectivity index (χ4v) is 2.75. The van der Waals surface area contributed by atoms with Crippen molar-refractivity contribution in [2.45, 2.75) is 6.92 Å². The number of carbonyl (C=O) groups is 1. The number of carboxylic acid groups (broad SMARTS) is 1. The third-order valence-electron chi connectivity index (χ3n) is 2.34. The number of hydrogen-bond acceptors (Lipinski definition) is 5. The van der Waals surface area contributed by atoms with Crippen LogP contribution in [-0.2, 0) is 0 Å². The van der Waals surface area contributed by atoms with E-state index in [0.717, 1.165) is 10.2 Å². The molecule has 0 saturated carbocycles. The van der Waals surface area contributed by atoms with Crippen molar-refractivity contribution in [2.75, 3.05) is 5.32 Å². The Morgan fingerprint density at radius 1 is 1.58 bits per heavy atom. The number of nitriles is 1. The first-order valence-electron chi connectivity index (χ1n) is 5.18. The summed E-state index contributed by atoms with van der Waals surface area (Å²) in [7, 11) is 0. The number of benzene rings is 1. The van der Waals surface area contributed by atoms with Crippen molar-refractivity contribution < 1.29 is 9.90 Å². The van der Waals surface area contributed by atoms with Crippen LogP contribution >= 0.6 is 27.3 Å². The highest BCUT2D eigenvalue weighted by Gasteiger charge is 2.14. The van der Waals surface area contributed by atoms with Crippen molar-refractivity contribution in [3.8, 4) is 6.07 Å². The van der Waals surface area contributed by atoms with E-state index in [4.69, 9.17) is 10.4 Å². The third kappa shape index (κ3) is 2.92. The molecule has 0 unspecified atom stereocenters. The van der Waals surface area contributed by atoms with Gasteiger partial charge in [0, 0.05) is 9.35 Å². The van der Waals surface area contributed by atoms with Gasteiger partial charge >= 0.3 is 5.97 Å². The van der Waals surface area contributed by atoms with Crippen LogP contribution in [0.5, 0.6) is 0 Å². The molecule has 1 aromatic heterocycles. The molecule has 2 N–H and O–H groups in total. The van der Waals surface area contributed by atoms with Gasteiger partial charge in [-0.05, 0) is 41.1 Å². The second-order valence-corrected chi connectivity index (χ2v) is 5.72. The number of carboxylic acids is 1. The van der Waals surface area contributed by atoms with Gasteiger partial charge in [-0.3, -0.25) is 0 Å². The van der Waals surface area contributed by atoms with Gasteiger partial charge in [0.25, 0.3) is 0 Å². The van der Waals surface area contributed by atoms with E-state index in [1.807, 2.05) is 6.07 Å². The van der Waals surface area contributed by atoms with Crippen LogP contribution < -0.4 is 5.32 Å². The molecular weight excluding hydrogens is 330 g/mol. The van der Waals surface area contributed by atoms with Gasteiger partial charge in [0.2, 0.25) is 0 Å². The van der Waals surface area contributed by atoms with Gasteiger partial charge in [-0.2, -0.15) is 5.26 Å². The number of aromatic carboxylic acids is 1. The minimum absolute atomic E-state index is 0.0530. The molecule has 0 atom stereocenters. The molecular formula is C12H8BrN3O2S. The number of aromatic nitrogens is 1. The molecule has 5 nitrogen and oxygen atoms in total. The van der Waals surface area contributed by atoms with Crippen LogP contribution in [0.2, 0.25) is 0 Å². The molecule has 0 radical (unpaired) electrons. The minimum atomic E-state index is -1.04. The second-order valence-electron chi connectivity index (χ2n) is 3.66. The van der Waals surface area contributed by atoms with Gasteiger partial charge in [-0.1, -0.05) is 0 Å². The number of hydrogen-bond donors (Lipinski definition) is 2. The molecule has 1 aromatic carbocycles. The normalized spacial score (nSPS) is 9.95. The Balaban J connectivity index is 2.29. The van der Waals surface area contributed by atoms with Gasteiger partial charge in [0.1, 0.15) is 0 Å². The van der Waals surface area contributed by atoms with Crippen molar-refractivity contribution in [3.63, 3.8) is 0 Å². The van der Waals surface area contributed by atoms with E-state index in [-0.39, 0.29) is 5.69 Å². The number of nitrogens with zero attached hydrogens (tertiary/aromatic N) is 2. The highest BCUT2D eigenvalue weighted by molar-refractivity contribution is 9.10. The maximum Gasteiger partial charge on any atom is 0.355 e. The van der Waals surface area contributed by atoms with Gasteiger partial charge in [0.05, 0.1) is 17.3 Å². The van der Waals surface area contributed by atoms with E-state index in [0.29, 0.717) is 15.6 Å². The standard InChI is InChI=1S/C12H8BrN3O2S/c1-6-10(11(17)18)16-12(19-6)15-9-3-2-7(5-14)4-8(9)13/h2-4H,1H3,(H,15,16)(H,17,18). The number of aryl methyl sites for hydroxylation is 1. The molecule has 0 spiro atoms. The summed E-state index contributed by atoms with van der Waals surface area (Å²) in [5.74, 6) is -1.04. The molecule has 0 fully saturated rings. The maximum absolute atomic E-state index is 10.9. The molecule has 2 rings (SSSR count). The molecule has 2 aromatic rings. The lowest BCUT2D eigenvalue weighted by molar-refractivity contribution is 0.0690. The quantitative estimate of drug-likeness (QED) is 0.894. The van der Waals surface area contributed by atoms with Gasteiger partial charge in [0.15, 0.2) is 10.8 Å². The molecule has 7 heteroatoms.